The summed E-state index contributed by atoms with van der Waals surface area (Å²) in [5, 5.41) is 5.52. The third-order valence-corrected chi connectivity index (χ3v) is 11.7. The van der Waals surface area contributed by atoms with Gasteiger partial charge < -0.3 is 20.4 Å². The molecule has 1 aliphatic rings. The predicted molar refractivity (Wildman–Crippen MR) is 151 cm³/mol. The predicted octanol–water partition coefficient (Wildman–Crippen LogP) is 4.43. The number of amides is 2. The minimum atomic E-state index is -4.22. The maximum Gasteiger partial charge on any atom is 0.325 e. The molecule has 0 aromatic rings. The van der Waals surface area contributed by atoms with Crippen LogP contribution in [0.4, 0.5) is 0 Å². The smallest absolute Gasteiger partial charge is 0.325 e. The summed E-state index contributed by atoms with van der Waals surface area (Å²) in [5.74, 6) is 0.449. The highest BCUT2D eigenvalue weighted by Gasteiger charge is 2.23. The first kappa shape index (κ1) is 31.6. The number of halogens is 1. The van der Waals surface area contributed by atoms with Gasteiger partial charge in [-0.1, -0.05) is 80.7 Å². The number of ketones is 1. The van der Waals surface area contributed by atoms with Gasteiger partial charge in [0.2, 0.25) is 11.8 Å². The largest absolute Gasteiger partial charge is 0.355 e. The van der Waals surface area contributed by atoms with Crippen LogP contribution in [0.5, 0.6) is 0 Å². The van der Waals surface area contributed by atoms with Crippen LogP contribution in [0.25, 0.3) is 0 Å². The highest BCUT2D eigenvalue weighted by atomic mass is 127. The average molecular weight is 647 g/mol. The van der Waals surface area contributed by atoms with Gasteiger partial charge in [0.05, 0.1) is 15.0 Å². The summed E-state index contributed by atoms with van der Waals surface area (Å²) >= 11 is 0.0202. The number of unbranched alkanes of at least 4 members (excludes halogenated alkanes) is 4. The third kappa shape index (κ3) is 17.0. The Morgan fingerprint density at radius 2 is 1.76 bits per heavy atom. The van der Waals surface area contributed by atoms with E-state index in [4.69, 9.17) is 9.79 Å². The van der Waals surface area contributed by atoms with Gasteiger partial charge in [0.1, 0.15) is 0 Å². The fourth-order valence-electron chi connectivity index (χ4n) is 2.97. The SMILES string of the molecule is CCC(=O)NC(CCP(=O)(O)O)C(=O)CCCCCCCC(=O)NCCSSC1=IC=CC=C1. The zero-order valence-electron chi connectivity index (χ0n) is 19.5. The zero-order valence-corrected chi connectivity index (χ0v) is 24.2. The topological polar surface area (TPSA) is 133 Å². The van der Waals surface area contributed by atoms with E-state index in [1.807, 2.05) is 0 Å². The number of nitrogens with one attached hydrogen (secondary N) is 2. The van der Waals surface area contributed by atoms with Crippen molar-refractivity contribution in [3.63, 3.8) is 0 Å². The van der Waals surface area contributed by atoms with Crippen LogP contribution in [0.2, 0.25) is 0 Å². The molecule has 12 heteroatoms. The van der Waals surface area contributed by atoms with E-state index >= 15 is 0 Å². The van der Waals surface area contributed by atoms with Crippen molar-refractivity contribution < 1.29 is 28.7 Å². The highest BCUT2D eigenvalue weighted by molar-refractivity contribution is 14.2. The normalized spacial score (nSPS) is 14.1. The molecule has 4 N–H and O–H groups in total. The Kier molecular flexibility index (Phi) is 17.4. The molecule has 34 heavy (non-hydrogen) atoms. The minimum Gasteiger partial charge on any atom is -0.355 e. The van der Waals surface area contributed by atoms with E-state index in [1.165, 1.54) is 2.84 Å². The van der Waals surface area contributed by atoms with Crippen LogP contribution >= 0.6 is 49.9 Å². The van der Waals surface area contributed by atoms with E-state index in [2.05, 4.69) is 32.9 Å². The lowest BCUT2D eigenvalue weighted by Crippen LogP contribution is -2.41. The summed E-state index contributed by atoms with van der Waals surface area (Å²) < 4.78 is 14.8. The lowest BCUT2D eigenvalue weighted by Gasteiger charge is -2.17. The van der Waals surface area contributed by atoms with Crippen molar-refractivity contribution in [2.45, 2.75) is 70.8 Å². The van der Waals surface area contributed by atoms with Gasteiger partial charge in [-0.15, -0.1) is 0 Å². The zero-order chi connectivity index (χ0) is 25.2. The number of hydrogen-bond acceptors (Lipinski definition) is 6. The van der Waals surface area contributed by atoms with E-state index in [0.717, 1.165) is 31.4 Å². The first-order valence-corrected chi connectivity index (χ1v) is 17.9. The van der Waals surface area contributed by atoms with E-state index in [9.17, 15) is 18.9 Å². The van der Waals surface area contributed by atoms with Crippen molar-refractivity contribution in [1.29, 1.82) is 0 Å². The molecule has 1 unspecified atom stereocenters. The summed E-state index contributed by atoms with van der Waals surface area (Å²) in [6.45, 7) is 2.33. The monoisotopic (exact) mass is 646 g/mol. The molecule has 194 valence electrons. The number of carbonyl (C=O) groups is 3. The van der Waals surface area contributed by atoms with Crippen LogP contribution in [0.1, 0.15) is 64.7 Å². The molecule has 0 saturated heterocycles. The number of allylic oxidation sites excluding steroid dienone is 2. The van der Waals surface area contributed by atoms with Crippen molar-refractivity contribution >= 4 is 70.4 Å². The summed E-state index contributed by atoms with van der Waals surface area (Å²) in [6.07, 6.45) is 10.9. The first-order chi connectivity index (χ1) is 16.2. The number of Topliss-reactive ketones (excluding diaryl/α,β-unsaturated/α-hetero) is 1. The molecule has 1 atom stereocenters. The molecular weight excluding hydrogens is 610 g/mol. The molecule has 0 radical (unpaired) electrons. The van der Waals surface area contributed by atoms with Crippen molar-refractivity contribution in [2.24, 2.45) is 0 Å². The standard InChI is InChI=1S/C22H36IN2O6PS2/c1-2-21(27)25-18(13-16-32(29,30)31)19(26)10-6-4-3-5-7-12-22(28)24-15-17-33-34-20-11-8-9-14-23-20/h8-9,11,14,18H,2-7,10,12-13,15-17H2,1H3,(H,24,28)(H,25,27)(H2,29,30,31). The van der Waals surface area contributed by atoms with Gasteiger partial charge in [0.25, 0.3) is 0 Å². The Balaban J connectivity index is 2.08. The Hall–Kier alpha value is -0.460. The highest BCUT2D eigenvalue weighted by Crippen LogP contribution is 2.35. The Morgan fingerprint density at radius 1 is 1.06 bits per heavy atom. The summed E-state index contributed by atoms with van der Waals surface area (Å²) in [6, 6.07) is -0.850. The molecule has 0 aromatic heterocycles. The van der Waals surface area contributed by atoms with Gasteiger partial charge in [-0.25, -0.2) is 0 Å². The molecule has 8 nitrogen and oxygen atoms in total. The molecule has 1 aliphatic heterocycles. The lowest BCUT2D eigenvalue weighted by atomic mass is 10.0. The van der Waals surface area contributed by atoms with Crippen LogP contribution in [0.3, 0.4) is 0 Å². The molecular formula is C22H36IN2O6PS2. The van der Waals surface area contributed by atoms with E-state index in [-0.39, 0.29) is 57.6 Å². The fourth-order valence-corrected chi connectivity index (χ4v) is 8.87. The molecule has 0 aliphatic carbocycles. The van der Waals surface area contributed by atoms with Crippen LogP contribution in [0.15, 0.2) is 22.3 Å². The van der Waals surface area contributed by atoms with Crippen LogP contribution in [-0.2, 0) is 18.9 Å². The molecule has 0 saturated carbocycles. The summed E-state index contributed by atoms with van der Waals surface area (Å²) in [5.41, 5.74) is 0. The average Bonchev–Trinajstić information content (AvgIpc) is 2.80. The molecule has 0 aromatic carbocycles. The number of rotatable bonds is 19. The van der Waals surface area contributed by atoms with Crippen molar-refractivity contribution in [3.8, 4) is 0 Å². The van der Waals surface area contributed by atoms with E-state index < -0.39 is 19.8 Å². The Bertz CT molecular complexity index is 800. The second-order valence-electron chi connectivity index (χ2n) is 7.73. The van der Waals surface area contributed by atoms with Gasteiger partial charge in [0.15, 0.2) is 5.78 Å². The second kappa shape index (κ2) is 18.8. The first-order valence-electron chi connectivity index (χ1n) is 11.5. The van der Waals surface area contributed by atoms with Gasteiger partial charge >= 0.3 is 7.60 Å². The fraction of sp³-hybridized carbons (Fsp3) is 0.636. The molecule has 0 fully saturated rings. The Morgan fingerprint density at radius 3 is 2.41 bits per heavy atom. The number of carbonyl (C=O) groups excluding carboxylic acids is 3. The van der Waals surface area contributed by atoms with Crippen molar-refractivity contribution in [2.75, 3.05) is 18.5 Å². The minimum absolute atomic E-state index is 0.0202. The maximum absolute atomic E-state index is 12.4. The van der Waals surface area contributed by atoms with Crippen LogP contribution in [0, 0.1) is 0 Å². The van der Waals surface area contributed by atoms with Crippen molar-refractivity contribution in [1.82, 2.24) is 10.6 Å². The number of hydrogen-bond donors (Lipinski definition) is 4. The van der Waals surface area contributed by atoms with Gasteiger partial charge in [-0.05, 0) is 29.4 Å². The molecule has 0 bridgehead atoms. The molecule has 1 heterocycles. The summed E-state index contributed by atoms with van der Waals surface area (Å²) in [7, 11) is -0.651. The molecule has 0 spiro atoms. The van der Waals surface area contributed by atoms with Gasteiger partial charge in [-0.2, -0.15) is 0 Å². The molecule has 2 amide bonds. The summed E-state index contributed by atoms with van der Waals surface area (Å²) in [4.78, 5) is 54.0. The maximum atomic E-state index is 12.4. The third-order valence-electron chi connectivity index (χ3n) is 4.81. The van der Waals surface area contributed by atoms with Gasteiger partial charge in [0, 0.05) is 31.6 Å². The quantitative estimate of drug-likeness (QED) is 0.0702. The Labute approximate surface area is 220 Å². The van der Waals surface area contributed by atoms with E-state index in [1.54, 1.807) is 28.5 Å². The van der Waals surface area contributed by atoms with Crippen molar-refractivity contribution in [3.05, 3.63) is 22.3 Å². The van der Waals surface area contributed by atoms with Crippen LogP contribution in [-0.4, -0.2) is 54.7 Å². The molecule has 1 rings (SSSR count). The van der Waals surface area contributed by atoms with Crippen LogP contribution < -0.4 is 10.6 Å². The van der Waals surface area contributed by atoms with E-state index in [0.29, 0.717) is 19.4 Å². The lowest BCUT2D eigenvalue weighted by molar-refractivity contribution is -0.127. The second-order valence-corrected chi connectivity index (χ2v) is 15.2. The van der Waals surface area contributed by atoms with Gasteiger partial charge in [-0.3, -0.25) is 18.9 Å².